The highest BCUT2D eigenvalue weighted by Gasteiger charge is 2.17. The number of aromatic nitrogens is 2. The summed E-state index contributed by atoms with van der Waals surface area (Å²) in [5, 5.41) is 9.62. The van der Waals surface area contributed by atoms with Crippen LogP contribution in [0.5, 0.6) is 0 Å². The van der Waals surface area contributed by atoms with Crippen molar-refractivity contribution in [3.8, 4) is 11.3 Å². The molecule has 4 N–H and O–H groups in total. The van der Waals surface area contributed by atoms with E-state index >= 15 is 0 Å². The number of benzene rings is 1. The first-order chi connectivity index (χ1) is 9.08. The van der Waals surface area contributed by atoms with Crippen molar-refractivity contribution in [3.63, 3.8) is 0 Å². The smallest absolute Gasteiger partial charge is 0.241 e. The first kappa shape index (κ1) is 13.3. The lowest BCUT2D eigenvalue weighted by Crippen LogP contribution is -2.39. The first-order valence-corrected chi connectivity index (χ1v) is 6.24. The van der Waals surface area contributed by atoms with Gasteiger partial charge in [0.2, 0.25) is 5.91 Å². The van der Waals surface area contributed by atoms with Gasteiger partial charge in [0.15, 0.2) is 0 Å². The molecule has 0 fully saturated rings. The van der Waals surface area contributed by atoms with Crippen LogP contribution in [0.4, 0.5) is 5.69 Å². The van der Waals surface area contributed by atoms with Crippen molar-refractivity contribution in [2.75, 3.05) is 5.32 Å². The minimum absolute atomic E-state index is 0.107. The summed E-state index contributed by atoms with van der Waals surface area (Å²) in [6.45, 7) is 3.84. The molecule has 0 aliphatic rings. The van der Waals surface area contributed by atoms with Crippen LogP contribution < -0.4 is 11.1 Å². The fourth-order valence-electron chi connectivity index (χ4n) is 1.71. The largest absolute Gasteiger partial charge is 0.325 e. The highest BCUT2D eigenvalue weighted by atomic mass is 16.2. The Hall–Kier alpha value is -2.14. The second kappa shape index (κ2) is 5.67. The normalized spacial score (nSPS) is 12.4. The maximum atomic E-state index is 11.9. The second-order valence-electron chi connectivity index (χ2n) is 4.81. The summed E-state index contributed by atoms with van der Waals surface area (Å²) in [5.74, 6) is -0.0625. The lowest BCUT2D eigenvalue weighted by atomic mass is 10.0. The Morgan fingerprint density at radius 2 is 2.16 bits per heavy atom. The number of H-pyrrole nitrogens is 1. The molecule has 1 atom stereocenters. The quantitative estimate of drug-likeness (QED) is 0.784. The standard InChI is InChI=1S/C14H18N4O/c1-9(2)13(15)14(19)17-11-5-3-4-10(8-11)12-6-7-16-18-12/h3-9,13H,15H2,1-2H3,(H,16,18)(H,17,19)/t13-/m0/s1. The molecular weight excluding hydrogens is 240 g/mol. The van der Waals surface area contributed by atoms with Crippen molar-refractivity contribution in [1.29, 1.82) is 0 Å². The van der Waals surface area contributed by atoms with Gasteiger partial charge >= 0.3 is 0 Å². The molecule has 0 unspecified atom stereocenters. The van der Waals surface area contributed by atoms with Gasteiger partial charge in [-0.25, -0.2) is 0 Å². The molecule has 100 valence electrons. The molecule has 0 aliphatic carbocycles. The lowest BCUT2D eigenvalue weighted by Gasteiger charge is -2.15. The summed E-state index contributed by atoms with van der Waals surface area (Å²) < 4.78 is 0. The van der Waals surface area contributed by atoms with Crippen molar-refractivity contribution in [1.82, 2.24) is 10.2 Å². The number of rotatable bonds is 4. The Morgan fingerprint density at radius 3 is 2.79 bits per heavy atom. The molecule has 0 bridgehead atoms. The Morgan fingerprint density at radius 1 is 1.37 bits per heavy atom. The lowest BCUT2D eigenvalue weighted by molar-refractivity contribution is -0.118. The van der Waals surface area contributed by atoms with Crippen LogP contribution in [0, 0.1) is 5.92 Å². The molecule has 5 heteroatoms. The van der Waals surface area contributed by atoms with Crippen LogP contribution in [0.1, 0.15) is 13.8 Å². The summed E-state index contributed by atoms with van der Waals surface area (Å²) in [7, 11) is 0. The minimum Gasteiger partial charge on any atom is -0.325 e. The summed E-state index contributed by atoms with van der Waals surface area (Å²) >= 11 is 0. The van der Waals surface area contributed by atoms with Gasteiger partial charge in [0.25, 0.3) is 0 Å². The summed E-state index contributed by atoms with van der Waals surface area (Å²) in [5.41, 5.74) is 8.41. The molecule has 1 heterocycles. The summed E-state index contributed by atoms with van der Waals surface area (Å²) in [6.07, 6.45) is 1.69. The van der Waals surface area contributed by atoms with Gasteiger partial charge in [-0.2, -0.15) is 5.10 Å². The Balaban J connectivity index is 2.14. The summed E-state index contributed by atoms with van der Waals surface area (Å²) in [6, 6.07) is 8.93. The number of nitrogens with two attached hydrogens (primary N) is 1. The van der Waals surface area contributed by atoms with Crippen molar-refractivity contribution in [2.24, 2.45) is 11.7 Å². The van der Waals surface area contributed by atoms with E-state index in [0.29, 0.717) is 0 Å². The number of hydrogen-bond donors (Lipinski definition) is 3. The zero-order chi connectivity index (χ0) is 13.8. The molecule has 0 aliphatic heterocycles. The molecule has 2 aromatic rings. The van der Waals surface area contributed by atoms with Gasteiger partial charge in [-0.15, -0.1) is 0 Å². The molecule has 0 spiro atoms. The monoisotopic (exact) mass is 258 g/mol. The minimum atomic E-state index is -0.504. The van der Waals surface area contributed by atoms with Crippen LogP contribution in [0.15, 0.2) is 36.5 Å². The van der Waals surface area contributed by atoms with E-state index in [4.69, 9.17) is 5.73 Å². The van der Waals surface area contributed by atoms with Gasteiger partial charge in [0, 0.05) is 17.4 Å². The number of hydrogen-bond acceptors (Lipinski definition) is 3. The van der Waals surface area contributed by atoms with Gasteiger partial charge in [-0.3, -0.25) is 9.89 Å². The number of carbonyl (C=O) groups excluding carboxylic acids is 1. The van der Waals surface area contributed by atoms with Crippen molar-refractivity contribution in [3.05, 3.63) is 36.5 Å². The number of carbonyl (C=O) groups is 1. The molecular formula is C14H18N4O. The second-order valence-corrected chi connectivity index (χ2v) is 4.81. The molecule has 0 saturated carbocycles. The van der Waals surface area contributed by atoms with Crippen LogP contribution in [0.2, 0.25) is 0 Å². The number of nitrogens with zero attached hydrogens (tertiary/aromatic N) is 1. The number of anilines is 1. The van der Waals surface area contributed by atoms with Crippen molar-refractivity contribution < 1.29 is 4.79 Å². The van der Waals surface area contributed by atoms with E-state index in [1.807, 2.05) is 44.2 Å². The molecule has 1 aromatic carbocycles. The van der Waals surface area contributed by atoms with Crippen LogP contribution in [-0.2, 0) is 4.79 Å². The van der Waals surface area contributed by atoms with E-state index in [1.165, 1.54) is 0 Å². The summed E-state index contributed by atoms with van der Waals surface area (Å²) in [4.78, 5) is 11.9. The van der Waals surface area contributed by atoms with Crippen LogP contribution in [-0.4, -0.2) is 22.1 Å². The molecule has 5 nitrogen and oxygen atoms in total. The van der Waals surface area contributed by atoms with E-state index in [0.717, 1.165) is 16.9 Å². The van der Waals surface area contributed by atoms with Gasteiger partial charge in [0.1, 0.15) is 0 Å². The molecule has 0 radical (unpaired) electrons. The molecule has 0 saturated heterocycles. The maximum absolute atomic E-state index is 11.9. The first-order valence-electron chi connectivity index (χ1n) is 6.24. The Bertz CT molecular complexity index is 548. The average molecular weight is 258 g/mol. The SMILES string of the molecule is CC(C)[C@H](N)C(=O)Nc1cccc(-c2ccn[nH]2)c1. The molecule has 2 rings (SSSR count). The van der Waals surface area contributed by atoms with Crippen molar-refractivity contribution in [2.45, 2.75) is 19.9 Å². The van der Waals surface area contributed by atoms with Gasteiger partial charge in [-0.1, -0.05) is 26.0 Å². The number of aromatic amines is 1. The third kappa shape index (κ3) is 3.20. The van der Waals surface area contributed by atoms with Gasteiger partial charge in [0.05, 0.1) is 11.7 Å². The maximum Gasteiger partial charge on any atom is 0.241 e. The predicted molar refractivity (Wildman–Crippen MR) is 75.5 cm³/mol. The highest BCUT2D eigenvalue weighted by Crippen LogP contribution is 2.20. The third-order valence-electron chi connectivity index (χ3n) is 2.96. The topological polar surface area (TPSA) is 83.8 Å². The fraction of sp³-hybridized carbons (Fsp3) is 0.286. The van der Waals surface area contributed by atoms with E-state index in [-0.39, 0.29) is 11.8 Å². The third-order valence-corrected chi connectivity index (χ3v) is 2.96. The molecule has 19 heavy (non-hydrogen) atoms. The number of nitrogens with one attached hydrogen (secondary N) is 2. The average Bonchev–Trinajstić information content (AvgIpc) is 2.91. The van der Waals surface area contributed by atoms with Gasteiger partial charge < -0.3 is 11.1 Å². The zero-order valence-corrected chi connectivity index (χ0v) is 11.1. The van der Waals surface area contributed by atoms with Crippen molar-refractivity contribution >= 4 is 11.6 Å². The van der Waals surface area contributed by atoms with Gasteiger partial charge in [-0.05, 0) is 24.1 Å². The fourth-order valence-corrected chi connectivity index (χ4v) is 1.71. The highest BCUT2D eigenvalue weighted by molar-refractivity contribution is 5.95. The zero-order valence-electron chi connectivity index (χ0n) is 11.1. The number of amides is 1. The molecule has 1 aromatic heterocycles. The van der Waals surface area contributed by atoms with E-state index < -0.39 is 6.04 Å². The van der Waals surface area contributed by atoms with E-state index in [1.54, 1.807) is 6.20 Å². The Kier molecular flexibility index (Phi) is 3.97. The van der Waals surface area contributed by atoms with Crippen LogP contribution in [0.3, 0.4) is 0 Å². The molecule has 1 amide bonds. The van der Waals surface area contributed by atoms with Crippen LogP contribution in [0.25, 0.3) is 11.3 Å². The Labute approximate surface area is 112 Å². The van der Waals surface area contributed by atoms with E-state index in [2.05, 4.69) is 15.5 Å². The predicted octanol–water partition coefficient (Wildman–Crippen LogP) is 2.00. The van der Waals surface area contributed by atoms with E-state index in [9.17, 15) is 4.79 Å². The van der Waals surface area contributed by atoms with Crippen LogP contribution >= 0.6 is 0 Å².